The Balaban J connectivity index is 2.10. The molecule has 16 heavy (non-hydrogen) atoms. The number of rotatable bonds is 3. The average Bonchev–Trinajstić information content (AvgIpc) is 2.25. The molecule has 1 aliphatic carbocycles. The summed E-state index contributed by atoms with van der Waals surface area (Å²) in [5.41, 5.74) is 0. The van der Waals surface area contributed by atoms with Crippen LogP contribution in [0.15, 0.2) is 0 Å². The van der Waals surface area contributed by atoms with Gasteiger partial charge in [0, 0.05) is 25.0 Å². The molecule has 1 N–H and O–H groups in total. The van der Waals surface area contributed by atoms with E-state index in [1.807, 2.05) is 0 Å². The summed E-state index contributed by atoms with van der Waals surface area (Å²) in [6, 6.07) is 0.601. The standard InChI is InChI=1S/C13H26N2O/c1-4-15(5-2)12-7-6-10-8-14(3)9-11(12)13(10)16/h10-13,16H,4-9H2,1-3H3/t10?,11?,12-,13+/m0/s1. The fraction of sp³-hybridized carbons (Fsp3) is 1.00. The van der Waals surface area contributed by atoms with Gasteiger partial charge in [-0.25, -0.2) is 0 Å². The number of likely N-dealkylation sites (tertiary alicyclic amines) is 1. The predicted molar refractivity (Wildman–Crippen MR) is 66.4 cm³/mol. The van der Waals surface area contributed by atoms with Crippen LogP contribution in [0.3, 0.4) is 0 Å². The molecule has 1 heterocycles. The zero-order valence-corrected chi connectivity index (χ0v) is 10.9. The van der Waals surface area contributed by atoms with Crippen molar-refractivity contribution in [1.29, 1.82) is 0 Å². The molecule has 2 fully saturated rings. The van der Waals surface area contributed by atoms with Crippen molar-refractivity contribution in [2.75, 3.05) is 33.2 Å². The van der Waals surface area contributed by atoms with E-state index in [2.05, 4.69) is 30.7 Å². The summed E-state index contributed by atoms with van der Waals surface area (Å²) in [6.07, 6.45) is 2.42. The third-order valence-electron chi connectivity index (χ3n) is 4.60. The first kappa shape index (κ1) is 12.3. The van der Waals surface area contributed by atoms with Gasteiger partial charge >= 0.3 is 0 Å². The second kappa shape index (κ2) is 5.03. The Labute approximate surface area is 99.4 Å². The van der Waals surface area contributed by atoms with E-state index in [-0.39, 0.29) is 6.10 Å². The van der Waals surface area contributed by atoms with Crippen molar-refractivity contribution in [3.8, 4) is 0 Å². The molecule has 4 atom stereocenters. The summed E-state index contributed by atoms with van der Waals surface area (Å²) in [7, 11) is 2.19. The Kier molecular flexibility index (Phi) is 3.88. The van der Waals surface area contributed by atoms with Crippen molar-refractivity contribution in [2.45, 2.75) is 38.8 Å². The topological polar surface area (TPSA) is 26.7 Å². The third kappa shape index (κ3) is 2.13. The predicted octanol–water partition coefficient (Wildman–Crippen LogP) is 1.03. The van der Waals surface area contributed by atoms with Gasteiger partial charge in [-0.2, -0.15) is 0 Å². The average molecular weight is 226 g/mol. The molecule has 2 rings (SSSR count). The highest BCUT2D eigenvalue weighted by atomic mass is 16.3. The lowest BCUT2D eigenvalue weighted by atomic mass is 9.72. The van der Waals surface area contributed by atoms with Crippen LogP contribution in [0.5, 0.6) is 0 Å². The quantitative estimate of drug-likeness (QED) is 0.778. The molecule has 2 bridgehead atoms. The van der Waals surface area contributed by atoms with Crippen LogP contribution in [0.25, 0.3) is 0 Å². The lowest BCUT2D eigenvalue weighted by Gasteiger charge is -2.50. The largest absolute Gasteiger partial charge is 0.392 e. The number of fused-ring (bicyclic) bond motifs is 2. The van der Waals surface area contributed by atoms with Crippen molar-refractivity contribution in [3.05, 3.63) is 0 Å². The number of aliphatic hydroxyl groups is 1. The minimum Gasteiger partial charge on any atom is -0.392 e. The smallest absolute Gasteiger partial charge is 0.0635 e. The van der Waals surface area contributed by atoms with Gasteiger partial charge in [0.25, 0.3) is 0 Å². The zero-order chi connectivity index (χ0) is 11.7. The number of hydrogen-bond acceptors (Lipinski definition) is 3. The molecule has 0 radical (unpaired) electrons. The summed E-state index contributed by atoms with van der Waals surface area (Å²) in [5.74, 6) is 0.993. The first-order valence-electron chi connectivity index (χ1n) is 6.78. The monoisotopic (exact) mass is 226 g/mol. The van der Waals surface area contributed by atoms with E-state index in [1.54, 1.807) is 0 Å². The molecule has 0 amide bonds. The molecule has 94 valence electrons. The van der Waals surface area contributed by atoms with Gasteiger partial charge in [0.05, 0.1) is 6.10 Å². The van der Waals surface area contributed by atoms with Gasteiger partial charge in [-0.05, 0) is 38.9 Å². The van der Waals surface area contributed by atoms with Gasteiger partial charge in [0.2, 0.25) is 0 Å². The maximum atomic E-state index is 10.4. The maximum Gasteiger partial charge on any atom is 0.0635 e. The van der Waals surface area contributed by atoms with Gasteiger partial charge in [-0.1, -0.05) is 13.8 Å². The fourth-order valence-electron chi connectivity index (χ4n) is 3.76. The van der Waals surface area contributed by atoms with Crippen LogP contribution in [0.1, 0.15) is 26.7 Å². The van der Waals surface area contributed by atoms with Crippen LogP contribution in [-0.4, -0.2) is 60.3 Å². The van der Waals surface area contributed by atoms with Gasteiger partial charge in [-0.3, -0.25) is 0 Å². The summed E-state index contributed by atoms with van der Waals surface area (Å²) in [4.78, 5) is 4.93. The first-order valence-corrected chi connectivity index (χ1v) is 6.78. The van der Waals surface area contributed by atoms with Crippen LogP contribution in [0.4, 0.5) is 0 Å². The van der Waals surface area contributed by atoms with E-state index in [0.717, 1.165) is 26.2 Å². The molecule has 1 aliphatic heterocycles. The number of piperidine rings is 1. The lowest BCUT2D eigenvalue weighted by molar-refractivity contribution is -0.0822. The third-order valence-corrected chi connectivity index (χ3v) is 4.60. The second-order valence-corrected chi connectivity index (χ2v) is 5.50. The van der Waals surface area contributed by atoms with E-state index in [0.29, 0.717) is 17.9 Å². The van der Waals surface area contributed by atoms with Crippen molar-refractivity contribution >= 4 is 0 Å². The van der Waals surface area contributed by atoms with Gasteiger partial charge in [-0.15, -0.1) is 0 Å². The van der Waals surface area contributed by atoms with Crippen LogP contribution < -0.4 is 0 Å². The van der Waals surface area contributed by atoms with Crippen molar-refractivity contribution in [3.63, 3.8) is 0 Å². The molecule has 1 saturated carbocycles. The minimum atomic E-state index is -0.0597. The molecular weight excluding hydrogens is 200 g/mol. The summed E-state index contributed by atoms with van der Waals surface area (Å²) < 4.78 is 0. The highest BCUT2D eigenvalue weighted by Gasteiger charge is 2.43. The Bertz CT molecular complexity index is 228. The Morgan fingerprint density at radius 3 is 2.50 bits per heavy atom. The van der Waals surface area contributed by atoms with Crippen LogP contribution in [0.2, 0.25) is 0 Å². The van der Waals surface area contributed by atoms with E-state index >= 15 is 0 Å². The number of nitrogens with zero attached hydrogens (tertiary/aromatic N) is 2. The minimum absolute atomic E-state index is 0.0597. The molecule has 0 spiro atoms. The van der Waals surface area contributed by atoms with Gasteiger partial charge < -0.3 is 14.9 Å². The van der Waals surface area contributed by atoms with E-state index in [9.17, 15) is 5.11 Å². The first-order chi connectivity index (χ1) is 7.67. The van der Waals surface area contributed by atoms with Gasteiger partial charge in [0.15, 0.2) is 0 Å². The molecule has 1 saturated heterocycles. The molecule has 2 unspecified atom stereocenters. The van der Waals surface area contributed by atoms with Crippen molar-refractivity contribution in [1.82, 2.24) is 9.80 Å². The SMILES string of the molecule is CCN(CC)[C@H]1CCC2CN(C)CC1[C@@H]2O. The lowest BCUT2D eigenvalue weighted by Crippen LogP contribution is -2.59. The van der Waals surface area contributed by atoms with E-state index < -0.39 is 0 Å². The van der Waals surface area contributed by atoms with Crippen LogP contribution in [0, 0.1) is 11.8 Å². The fourth-order valence-corrected chi connectivity index (χ4v) is 3.76. The summed E-state index contributed by atoms with van der Waals surface area (Å²) in [6.45, 7) is 8.84. The molecule has 0 aromatic rings. The normalized spacial score (nSPS) is 40.3. The summed E-state index contributed by atoms with van der Waals surface area (Å²) in [5, 5.41) is 10.4. The Hall–Kier alpha value is -0.120. The number of hydrogen-bond donors (Lipinski definition) is 1. The number of aliphatic hydroxyl groups excluding tert-OH is 1. The van der Waals surface area contributed by atoms with E-state index in [4.69, 9.17) is 0 Å². The van der Waals surface area contributed by atoms with Crippen molar-refractivity contribution in [2.24, 2.45) is 11.8 Å². The summed E-state index contributed by atoms with van der Waals surface area (Å²) >= 11 is 0. The Morgan fingerprint density at radius 1 is 1.19 bits per heavy atom. The molecule has 3 nitrogen and oxygen atoms in total. The molecule has 0 aromatic heterocycles. The maximum absolute atomic E-state index is 10.4. The molecular formula is C13H26N2O. The van der Waals surface area contributed by atoms with Crippen molar-refractivity contribution < 1.29 is 5.11 Å². The van der Waals surface area contributed by atoms with Gasteiger partial charge in [0.1, 0.15) is 0 Å². The zero-order valence-electron chi connectivity index (χ0n) is 10.9. The van der Waals surface area contributed by atoms with Crippen LogP contribution >= 0.6 is 0 Å². The highest BCUT2D eigenvalue weighted by Crippen LogP contribution is 2.36. The molecule has 2 aliphatic rings. The Morgan fingerprint density at radius 2 is 1.88 bits per heavy atom. The van der Waals surface area contributed by atoms with E-state index in [1.165, 1.54) is 12.8 Å². The second-order valence-electron chi connectivity index (χ2n) is 5.50. The highest BCUT2D eigenvalue weighted by molar-refractivity contribution is 4.97. The van der Waals surface area contributed by atoms with Crippen LogP contribution in [-0.2, 0) is 0 Å². The molecule has 3 heteroatoms. The molecule has 0 aromatic carbocycles.